The molecule has 0 aliphatic heterocycles. The minimum absolute atomic E-state index is 0.0508. The molecule has 1 atom stereocenters. The van der Waals surface area contributed by atoms with Crippen LogP contribution in [0.5, 0.6) is 5.75 Å². The highest BCUT2D eigenvalue weighted by molar-refractivity contribution is 5.35. The lowest BCUT2D eigenvalue weighted by molar-refractivity contribution is 0.250. The number of aliphatic hydroxyl groups is 1. The predicted octanol–water partition coefficient (Wildman–Crippen LogP) is 1.17. The van der Waals surface area contributed by atoms with Crippen molar-refractivity contribution in [2.24, 2.45) is 0 Å². The first-order valence-corrected chi connectivity index (χ1v) is 4.76. The molecule has 0 radical (unpaired) electrons. The molecule has 3 N–H and O–H groups in total. The van der Waals surface area contributed by atoms with E-state index in [1.807, 2.05) is 26.0 Å². The maximum absolute atomic E-state index is 9.52. The second kappa shape index (κ2) is 4.98. The number of hydrogen-bond acceptors (Lipinski definition) is 3. The molecule has 78 valence electrons. The zero-order valence-electron chi connectivity index (χ0n) is 8.62. The Bertz CT molecular complexity index is 299. The van der Waals surface area contributed by atoms with Crippen LogP contribution in [0.4, 0.5) is 0 Å². The van der Waals surface area contributed by atoms with Crippen LogP contribution in [-0.2, 0) is 6.54 Å². The molecule has 0 bridgehead atoms. The summed E-state index contributed by atoms with van der Waals surface area (Å²) in [6.45, 7) is 4.56. The molecular weight excluding hydrogens is 178 g/mol. The zero-order chi connectivity index (χ0) is 10.6. The van der Waals surface area contributed by atoms with E-state index in [0.29, 0.717) is 12.3 Å². The van der Waals surface area contributed by atoms with Gasteiger partial charge in [0.15, 0.2) is 0 Å². The fraction of sp³-hybridized carbons (Fsp3) is 0.455. The molecule has 3 heteroatoms. The van der Waals surface area contributed by atoms with Gasteiger partial charge in [-0.2, -0.15) is 0 Å². The summed E-state index contributed by atoms with van der Waals surface area (Å²) in [5.74, 6) is 0.299. The summed E-state index contributed by atoms with van der Waals surface area (Å²) in [7, 11) is 0. The fourth-order valence-corrected chi connectivity index (χ4v) is 1.20. The van der Waals surface area contributed by atoms with Crippen molar-refractivity contribution in [2.75, 3.05) is 6.61 Å². The Morgan fingerprint density at radius 1 is 1.43 bits per heavy atom. The maximum atomic E-state index is 9.52. The minimum Gasteiger partial charge on any atom is -0.508 e. The van der Waals surface area contributed by atoms with Gasteiger partial charge in [0.2, 0.25) is 0 Å². The van der Waals surface area contributed by atoms with Crippen LogP contribution in [0.2, 0.25) is 0 Å². The molecule has 0 amide bonds. The molecule has 1 aromatic rings. The van der Waals surface area contributed by atoms with Crippen molar-refractivity contribution in [1.82, 2.24) is 5.32 Å². The van der Waals surface area contributed by atoms with Gasteiger partial charge in [-0.15, -0.1) is 0 Å². The van der Waals surface area contributed by atoms with Gasteiger partial charge in [-0.3, -0.25) is 0 Å². The first-order chi connectivity index (χ1) is 6.63. The summed E-state index contributed by atoms with van der Waals surface area (Å²) >= 11 is 0. The highest BCUT2D eigenvalue weighted by Gasteiger charge is 2.03. The molecule has 1 rings (SSSR count). The number of benzene rings is 1. The topological polar surface area (TPSA) is 52.5 Å². The third kappa shape index (κ3) is 3.01. The van der Waals surface area contributed by atoms with Gasteiger partial charge in [-0.1, -0.05) is 17.7 Å². The van der Waals surface area contributed by atoms with Crippen LogP contribution in [0.3, 0.4) is 0 Å². The number of phenolic OH excluding ortho intramolecular Hbond substituents is 1. The summed E-state index contributed by atoms with van der Waals surface area (Å²) in [6, 6.07) is 5.55. The van der Waals surface area contributed by atoms with Crippen molar-refractivity contribution in [3.05, 3.63) is 29.3 Å². The van der Waals surface area contributed by atoms with E-state index in [1.165, 1.54) is 0 Å². The smallest absolute Gasteiger partial charge is 0.120 e. The summed E-state index contributed by atoms with van der Waals surface area (Å²) in [5, 5.41) is 21.4. The van der Waals surface area contributed by atoms with Gasteiger partial charge >= 0.3 is 0 Å². The Morgan fingerprint density at radius 2 is 2.14 bits per heavy atom. The quantitative estimate of drug-likeness (QED) is 0.676. The van der Waals surface area contributed by atoms with Crippen LogP contribution in [0, 0.1) is 6.92 Å². The summed E-state index contributed by atoms with van der Waals surface area (Å²) in [6.07, 6.45) is 0. The Labute approximate surface area is 84.4 Å². The minimum atomic E-state index is 0.0508. The Balaban J connectivity index is 2.62. The van der Waals surface area contributed by atoms with Crippen molar-refractivity contribution in [3.63, 3.8) is 0 Å². The van der Waals surface area contributed by atoms with Crippen molar-refractivity contribution >= 4 is 0 Å². The molecule has 0 aliphatic rings. The second-order valence-corrected chi connectivity index (χ2v) is 3.60. The highest BCUT2D eigenvalue weighted by atomic mass is 16.3. The lowest BCUT2D eigenvalue weighted by Gasteiger charge is -2.11. The molecule has 0 heterocycles. The maximum Gasteiger partial charge on any atom is 0.120 e. The standard InChI is InChI=1S/C11H17NO2/c1-8-3-4-11(14)10(5-8)6-12-9(2)7-13/h3-5,9,12-14H,6-7H2,1-2H3/t9-/m0/s1. The Hall–Kier alpha value is -1.06. The van der Waals surface area contributed by atoms with Gasteiger partial charge in [0.25, 0.3) is 0 Å². The van der Waals surface area contributed by atoms with Crippen molar-refractivity contribution in [3.8, 4) is 5.75 Å². The van der Waals surface area contributed by atoms with Gasteiger partial charge in [0.05, 0.1) is 6.61 Å². The van der Waals surface area contributed by atoms with E-state index in [-0.39, 0.29) is 12.6 Å². The van der Waals surface area contributed by atoms with Crippen LogP contribution in [0.1, 0.15) is 18.1 Å². The van der Waals surface area contributed by atoms with Crippen molar-refractivity contribution < 1.29 is 10.2 Å². The van der Waals surface area contributed by atoms with Crippen LogP contribution in [-0.4, -0.2) is 22.9 Å². The molecule has 1 aromatic carbocycles. The van der Waals surface area contributed by atoms with Gasteiger partial charge < -0.3 is 15.5 Å². The van der Waals surface area contributed by atoms with E-state index in [4.69, 9.17) is 5.11 Å². The van der Waals surface area contributed by atoms with Gasteiger partial charge in [-0.25, -0.2) is 0 Å². The predicted molar refractivity (Wildman–Crippen MR) is 56.2 cm³/mol. The van der Waals surface area contributed by atoms with E-state index >= 15 is 0 Å². The number of aryl methyl sites for hydroxylation is 1. The highest BCUT2D eigenvalue weighted by Crippen LogP contribution is 2.17. The third-order valence-electron chi connectivity index (χ3n) is 2.15. The first-order valence-electron chi connectivity index (χ1n) is 4.76. The lowest BCUT2D eigenvalue weighted by atomic mass is 10.1. The molecule has 0 aromatic heterocycles. The molecular formula is C11H17NO2. The van der Waals surface area contributed by atoms with Gasteiger partial charge in [0.1, 0.15) is 5.75 Å². The largest absolute Gasteiger partial charge is 0.508 e. The van der Waals surface area contributed by atoms with Gasteiger partial charge in [-0.05, 0) is 19.9 Å². The summed E-state index contributed by atoms with van der Waals surface area (Å²) in [4.78, 5) is 0. The number of aliphatic hydroxyl groups excluding tert-OH is 1. The molecule has 14 heavy (non-hydrogen) atoms. The first kappa shape index (κ1) is 11.0. The molecule has 0 unspecified atom stereocenters. The normalized spacial score (nSPS) is 12.8. The van der Waals surface area contributed by atoms with E-state index in [2.05, 4.69) is 5.32 Å². The van der Waals surface area contributed by atoms with Gasteiger partial charge in [0, 0.05) is 18.2 Å². The second-order valence-electron chi connectivity index (χ2n) is 3.60. The molecule has 3 nitrogen and oxygen atoms in total. The van der Waals surface area contributed by atoms with E-state index in [9.17, 15) is 5.11 Å². The molecule has 0 saturated carbocycles. The van der Waals surface area contributed by atoms with Crippen LogP contribution in [0.15, 0.2) is 18.2 Å². The lowest BCUT2D eigenvalue weighted by Crippen LogP contribution is -2.28. The van der Waals surface area contributed by atoms with Crippen LogP contribution < -0.4 is 5.32 Å². The number of nitrogens with one attached hydrogen (secondary N) is 1. The average molecular weight is 195 g/mol. The SMILES string of the molecule is Cc1ccc(O)c(CN[C@@H](C)CO)c1. The summed E-state index contributed by atoms with van der Waals surface area (Å²) < 4.78 is 0. The zero-order valence-corrected chi connectivity index (χ0v) is 8.62. The van der Waals surface area contributed by atoms with E-state index < -0.39 is 0 Å². The number of phenols is 1. The van der Waals surface area contributed by atoms with Crippen LogP contribution >= 0.6 is 0 Å². The fourth-order valence-electron chi connectivity index (χ4n) is 1.20. The van der Waals surface area contributed by atoms with Crippen molar-refractivity contribution in [2.45, 2.75) is 26.4 Å². The molecule has 0 spiro atoms. The monoisotopic (exact) mass is 195 g/mol. The molecule has 0 fully saturated rings. The number of hydrogen-bond donors (Lipinski definition) is 3. The third-order valence-corrected chi connectivity index (χ3v) is 2.15. The number of rotatable bonds is 4. The molecule has 0 aliphatic carbocycles. The number of aromatic hydroxyl groups is 1. The van der Waals surface area contributed by atoms with E-state index in [0.717, 1.165) is 11.1 Å². The Kier molecular flexibility index (Phi) is 3.92. The van der Waals surface area contributed by atoms with Crippen LogP contribution in [0.25, 0.3) is 0 Å². The molecule has 0 saturated heterocycles. The Morgan fingerprint density at radius 3 is 2.79 bits per heavy atom. The van der Waals surface area contributed by atoms with E-state index in [1.54, 1.807) is 6.07 Å². The summed E-state index contributed by atoms with van der Waals surface area (Å²) in [5.41, 5.74) is 1.99. The van der Waals surface area contributed by atoms with Crippen molar-refractivity contribution in [1.29, 1.82) is 0 Å². The average Bonchev–Trinajstić information content (AvgIpc) is 2.19.